The van der Waals surface area contributed by atoms with Crippen molar-refractivity contribution >= 4 is 32.6 Å². The fraction of sp³-hybridized carbons (Fsp3) is 0.391. The fourth-order valence-electron chi connectivity index (χ4n) is 3.29. The standard InChI is InChI=1S/C23H29N3O2S/c1-6-28-18-9-11-20-21(15-18)29-23(24-20)26(13-7-12-25(4)5)22(27)19-10-8-16(2)14-17(19)3/h8-11,14-15H,6-7,12-13H2,1-5H3. The minimum atomic E-state index is 0.00495. The molecular weight excluding hydrogens is 382 g/mol. The van der Waals surface area contributed by atoms with Crippen LogP contribution < -0.4 is 9.64 Å². The van der Waals surface area contributed by atoms with Crippen LogP contribution >= 0.6 is 11.3 Å². The van der Waals surface area contributed by atoms with Crippen molar-refractivity contribution < 1.29 is 9.53 Å². The van der Waals surface area contributed by atoms with Gasteiger partial charge in [-0.1, -0.05) is 29.0 Å². The number of anilines is 1. The summed E-state index contributed by atoms with van der Waals surface area (Å²) in [6.07, 6.45) is 0.879. The minimum absolute atomic E-state index is 0.00495. The van der Waals surface area contributed by atoms with Crippen molar-refractivity contribution in [3.63, 3.8) is 0 Å². The number of ether oxygens (including phenoxy) is 1. The first-order valence-electron chi connectivity index (χ1n) is 9.96. The number of benzene rings is 2. The van der Waals surface area contributed by atoms with Crippen LogP contribution in [0.5, 0.6) is 5.75 Å². The minimum Gasteiger partial charge on any atom is -0.494 e. The summed E-state index contributed by atoms with van der Waals surface area (Å²) in [5.74, 6) is 0.834. The molecule has 0 saturated carbocycles. The van der Waals surface area contributed by atoms with E-state index >= 15 is 0 Å². The van der Waals surface area contributed by atoms with E-state index in [4.69, 9.17) is 9.72 Å². The molecule has 2 aromatic carbocycles. The molecule has 6 heteroatoms. The molecular formula is C23H29N3O2S. The van der Waals surface area contributed by atoms with E-state index in [0.717, 1.165) is 50.8 Å². The number of aromatic nitrogens is 1. The molecule has 154 valence electrons. The summed E-state index contributed by atoms with van der Waals surface area (Å²) in [6.45, 7) is 8.17. The molecule has 0 aliphatic heterocycles. The van der Waals surface area contributed by atoms with Crippen LogP contribution in [0.25, 0.3) is 10.2 Å². The lowest BCUT2D eigenvalue weighted by Crippen LogP contribution is -2.33. The highest BCUT2D eigenvalue weighted by Gasteiger charge is 2.22. The number of hydrogen-bond donors (Lipinski definition) is 0. The molecule has 3 aromatic rings. The van der Waals surface area contributed by atoms with Crippen molar-refractivity contribution in [3.8, 4) is 5.75 Å². The third kappa shape index (κ3) is 5.14. The molecule has 5 nitrogen and oxygen atoms in total. The second-order valence-corrected chi connectivity index (χ2v) is 8.50. The van der Waals surface area contributed by atoms with Crippen LogP contribution in [0.1, 0.15) is 34.8 Å². The molecule has 1 heterocycles. The molecule has 29 heavy (non-hydrogen) atoms. The number of hydrogen-bond acceptors (Lipinski definition) is 5. The van der Waals surface area contributed by atoms with Crippen molar-refractivity contribution in [2.24, 2.45) is 0 Å². The lowest BCUT2D eigenvalue weighted by atomic mass is 10.0. The normalized spacial score (nSPS) is 11.2. The van der Waals surface area contributed by atoms with Crippen molar-refractivity contribution in [1.29, 1.82) is 0 Å². The summed E-state index contributed by atoms with van der Waals surface area (Å²) in [6, 6.07) is 11.9. The van der Waals surface area contributed by atoms with Crippen LogP contribution in [-0.4, -0.2) is 49.6 Å². The summed E-state index contributed by atoms with van der Waals surface area (Å²) >= 11 is 1.54. The molecule has 0 spiro atoms. The average molecular weight is 412 g/mol. The Morgan fingerprint density at radius 3 is 2.59 bits per heavy atom. The number of aryl methyl sites for hydroxylation is 2. The summed E-state index contributed by atoms with van der Waals surface area (Å²) in [5, 5.41) is 0.734. The van der Waals surface area contributed by atoms with Crippen molar-refractivity contribution in [3.05, 3.63) is 53.1 Å². The summed E-state index contributed by atoms with van der Waals surface area (Å²) in [7, 11) is 4.09. The van der Waals surface area contributed by atoms with Gasteiger partial charge >= 0.3 is 0 Å². The fourth-order valence-corrected chi connectivity index (χ4v) is 4.31. The third-order valence-electron chi connectivity index (χ3n) is 4.74. The van der Waals surface area contributed by atoms with Gasteiger partial charge in [0.1, 0.15) is 5.75 Å². The summed E-state index contributed by atoms with van der Waals surface area (Å²) < 4.78 is 6.64. The van der Waals surface area contributed by atoms with Gasteiger partial charge in [-0.05, 0) is 77.7 Å². The zero-order valence-electron chi connectivity index (χ0n) is 17.9. The Labute approximate surface area is 176 Å². The zero-order chi connectivity index (χ0) is 21.0. The van der Waals surface area contributed by atoms with Crippen molar-refractivity contribution in [2.75, 3.05) is 38.7 Å². The molecule has 1 aromatic heterocycles. The molecule has 0 atom stereocenters. The van der Waals surface area contributed by atoms with Gasteiger partial charge < -0.3 is 9.64 Å². The second-order valence-electron chi connectivity index (χ2n) is 7.49. The SMILES string of the molecule is CCOc1ccc2nc(N(CCCN(C)C)C(=O)c3ccc(C)cc3C)sc2c1. The predicted molar refractivity (Wildman–Crippen MR) is 122 cm³/mol. The Balaban J connectivity index is 1.96. The Morgan fingerprint density at radius 1 is 1.10 bits per heavy atom. The van der Waals surface area contributed by atoms with Gasteiger partial charge in [0.15, 0.2) is 5.13 Å². The first-order chi connectivity index (χ1) is 13.9. The van der Waals surface area contributed by atoms with Gasteiger partial charge in [-0.25, -0.2) is 4.98 Å². The van der Waals surface area contributed by atoms with Crippen LogP contribution in [0, 0.1) is 13.8 Å². The molecule has 0 saturated heterocycles. The first kappa shape index (κ1) is 21.3. The van der Waals surface area contributed by atoms with Gasteiger partial charge in [0.25, 0.3) is 5.91 Å². The average Bonchev–Trinajstić information content (AvgIpc) is 3.07. The maximum absolute atomic E-state index is 13.5. The topological polar surface area (TPSA) is 45.7 Å². The number of fused-ring (bicyclic) bond motifs is 1. The quantitative estimate of drug-likeness (QED) is 0.528. The van der Waals surface area contributed by atoms with Gasteiger partial charge in [0.05, 0.1) is 16.8 Å². The van der Waals surface area contributed by atoms with Crippen molar-refractivity contribution in [2.45, 2.75) is 27.2 Å². The van der Waals surface area contributed by atoms with E-state index in [9.17, 15) is 4.79 Å². The highest BCUT2D eigenvalue weighted by Crippen LogP contribution is 2.32. The lowest BCUT2D eigenvalue weighted by molar-refractivity contribution is 0.0985. The zero-order valence-corrected chi connectivity index (χ0v) is 18.7. The van der Waals surface area contributed by atoms with Gasteiger partial charge in [-0.2, -0.15) is 0 Å². The van der Waals surface area contributed by atoms with E-state index in [1.807, 2.05) is 70.1 Å². The molecule has 0 unspecified atom stereocenters. The monoisotopic (exact) mass is 411 g/mol. The molecule has 0 aliphatic rings. The molecule has 0 bridgehead atoms. The van der Waals surface area contributed by atoms with E-state index in [-0.39, 0.29) is 5.91 Å². The maximum Gasteiger partial charge on any atom is 0.260 e. The Bertz CT molecular complexity index is 997. The van der Waals surface area contributed by atoms with Crippen LogP contribution in [0.4, 0.5) is 5.13 Å². The van der Waals surface area contributed by atoms with Gasteiger partial charge in [-0.3, -0.25) is 9.69 Å². The van der Waals surface area contributed by atoms with Crippen LogP contribution in [0.3, 0.4) is 0 Å². The van der Waals surface area contributed by atoms with Crippen molar-refractivity contribution in [1.82, 2.24) is 9.88 Å². The van der Waals surface area contributed by atoms with E-state index in [1.54, 1.807) is 0 Å². The number of carbonyl (C=O) groups is 1. The number of carbonyl (C=O) groups excluding carboxylic acids is 1. The molecule has 0 fully saturated rings. The van der Waals surface area contributed by atoms with Gasteiger partial charge in [0.2, 0.25) is 0 Å². The van der Waals surface area contributed by atoms with Gasteiger partial charge in [-0.15, -0.1) is 0 Å². The molecule has 0 radical (unpaired) electrons. The molecule has 3 rings (SSSR count). The van der Waals surface area contributed by atoms with E-state index < -0.39 is 0 Å². The van der Waals surface area contributed by atoms with E-state index in [0.29, 0.717) is 13.2 Å². The third-order valence-corrected chi connectivity index (χ3v) is 5.78. The molecule has 0 aliphatic carbocycles. The largest absolute Gasteiger partial charge is 0.494 e. The number of amides is 1. The summed E-state index contributed by atoms with van der Waals surface area (Å²) in [5.41, 5.74) is 3.77. The predicted octanol–water partition coefficient (Wildman–Crippen LogP) is 4.91. The molecule has 0 N–H and O–H groups in total. The first-order valence-corrected chi connectivity index (χ1v) is 10.8. The smallest absolute Gasteiger partial charge is 0.260 e. The Kier molecular flexibility index (Phi) is 6.87. The van der Waals surface area contributed by atoms with Crippen LogP contribution in [0.2, 0.25) is 0 Å². The van der Waals surface area contributed by atoms with Crippen LogP contribution in [-0.2, 0) is 0 Å². The van der Waals surface area contributed by atoms with E-state index in [1.165, 1.54) is 11.3 Å². The number of rotatable bonds is 8. The Morgan fingerprint density at radius 2 is 1.90 bits per heavy atom. The highest BCUT2D eigenvalue weighted by molar-refractivity contribution is 7.22. The van der Waals surface area contributed by atoms with Crippen LogP contribution in [0.15, 0.2) is 36.4 Å². The van der Waals surface area contributed by atoms with Gasteiger partial charge in [0, 0.05) is 12.1 Å². The highest BCUT2D eigenvalue weighted by atomic mass is 32.1. The van der Waals surface area contributed by atoms with E-state index in [2.05, 4.69) is 11.0 Å². The maximum atomic E-state index is 13.5. The number of thiazole rings is 1. The number of nitrogens with zero attached hydrogens (tertiary/aromatic N) is 3. The lowest BCUT2D eigenvalue weighted by Gasteiger charge is -2.22. The Hall–Kier alpha value is -2.44. The summed E-state index contributed by atoms with van der Waals surface area (Å²) in [4.78, 5) is 22.2. The molecule has 1 amide bonds. The second kappa shape index (κ2) is 9.37.